The van der Waals surface area contributed by atoms with Crippen molar-refractivity contribution in [3.8, 4) is 0 Å². The van der Waals surface area contributed by atoms with E-state index in [0.717, 1.165) is 31.6 Å². The molecule has 3 heterocycles. The third-order valence-electron chi connectivity index (χ3n) is 4.79. The number of halogens is 1. The lowest BCUT2D eigenvalue weighted by atomic mass is 10.0. The van der Waals surface area contributed by atoms with Crippen molar-refractivity contribution in [1.29, 1.82) is 0 Å². The molecule has 1 amide bonds. The molecule has 4 rings (SSSR count). The first-order chi connectivity index (χ1) is 12.6. The number of nitrogens with zero attached hydrogens (tertiary/aromatic N) is 2. The predicted octanol–water partition coefficient (Wildman–Crippen LogP) is 2.82. The normalized spacial score (nSPS) is 18.9. The molecule has 0 aliphatic carbocycles. The number of carbonyl (C=O) groups is 1. The van der Waals surface area contributed by atoms with Crippen molar-refractivity contribution in [3.05, 3.63) is 54.1 Å². The van der Waals surface area contributed by atoms with Gasteiger partial charge in [-0.3, -0.25) is 4.79 Å². The highest BCUT2D eigenvalue weighted by atomic mass is 19.1. The molecular formula is C19H20FN3O3. The van der Waals surface area contributed by atoms with Gasteiger partial charge in [-0.1, -0.05) is 0 Å². The van der Waals surface area contributed by atoms with E-state index in [1.807, 2.05) is 6.07 Å². The van der Waals surface area contributed by atoms with Crippen molar-refractivity contribution < 1.29 is 18.7 Å². The molecule has 26 heavy (non-hydrogen) atoms. The molecule has 2 aliphatic rings. The van der Waals surface area contributed by atoms with Crippen molar-refractivity contribution in [2.45, 2.75) is 18.6 Å². The van der Waals surface area contributed by atoms with E-state index >= 15 is 0 Å². The Labute approximate surface area is 150 Å². The predicted molar refractivity (Wildman–Crippen MR) is 94.7 cm³/mol. The SMILES string of the molecule is O=C(Nc1ccc(F)cc1)c1ccc(N2CCC3(CC2)OCCO3)cn1. The summed E-state index contributed by atoms with van der Waals surface area (Å²) in [7, 11) is 0. The van der Waals surface area contributed by atoms with Gasteiger partial charge in [-0.15, -0.1) is 0 Å². The van der Waals surface area contributed by atoms with E-state index in [1.165, 1.54) is 24.3 Å². The molecule has 1 aromatic heterocycles. The van der Waals surface area contributed by atoms with Gasteiger partial charge in [-0.05, 0) is 36.4 Å². The van der Waals surface area contributed by atoms with Crippen molar-refractivity contribution >= 4 is 17.3 Å². The number of carbonyl (C=O) groups excluding carboxylic acids is 1. The molecule has 1 N–H and O–H groups in total. The highest BCUT2D eigenvalue weighted by Gasteiger charge is 2.39. The first-order valence-electron chi connectivity index (χ1n) is 8.69. The molecule has 2 aromatic rings. The highest BCUT2D eigenvalue weighted by Crippen LogP contribution is 2.33. The molecule has 2 aliphatic heterocycles. The Morgan fingerprint density at radius 1 is 1.08 bits per heavy atom. The lowest BCUT2D eigenvalue weighted by Crippen LogP contribution is -2.45. The maximum Gasteiger partial charge on any atom is 0.274 e. The zero-order valence-corrected chi connectivity index (χ0v) is 14.3. The molecule has 136 valence electrons. The van der Waals surface area contributed by atoms with E-state index in [9.17, 15) is 9.18 Å². The fourth-order valence-electron chi connectivity index (χ4n) is 3.33. The van der Waals surface area contributed by atoms with Gasteiger partial charge in [0.25, 0.3) is 5.91 Å². The summed E-state index contributed by atoms with van der Waals surface area (Å²) in [6.07, 6.45) is 3.34. The summed E-state index contributed by atoms with van der Waals surface area (Å²) in [5.74, 6) is -1.07. The lowest BCUT2D eigenvalue weighted by Gasteiger charge is -2.38. The number of aromatic nitrogens is 1. The van der Waals surface area contributed by atoms with Crippen LogP contribution < -0.4 is 10.2 Å². The fourth-order valence-corrected chi connectivity index (χ4v) is 3.33. The van der Waals surface area contributed by atoms with E-state index in [2.05, 4.69) is 15.2 Å². The molecule has 6 nitrogen and oxygen atoms in total. The van der Waals surface area contributed by atoms with Crippen LogP contribution in [0.5, 0.6) is 0 Å². The van der Waals surface area contributed by atoms with Gasteiger partial charge in [0.2, 0.25) is 0 Å². The Morgan fingerprint density at radius 2 is 1.77 bits per heavy atom. The minimum atomic E-state index is -0.404. The number of hydrogen-bond donors (Lipinski definition) is 1. The van der Waals surface area contributed by atoms with Crippen LogP contribution in [0.4, 0.5) is 15.8 Å². The number of nitrogens with one attached hydrogen (secondary N) is 1. The lowest BCUT2D eigenvalue weighted by molar-refractivity contribution is -0.169. The maximum absolute atomic E-state index is 12.9. The molecule has 0 radical (unpaired) electrons. The number of benzene rings is 1. The van der Waals surface area contributed by atoms with Crippen LogP contribution in [0.3, 0.4) is 0 Å². The monoisotopic (exact) mass is 357 g/mol. The van der Waals surface area contributed by atoms with Crippen molar-refractivity contribution in [3.63, 3.8) is 0 Å². The van der Waals surface area contributed by atoms with E-state index in [0.29, 0.717) is 24.6 Å². The third-order valence-corrected chi connectivity index (χ3v) is 4.79. The Kier molecular flexibility index (Phi) is 4.57. The summed E-state index contributed by atoms with van der Waals surface area (Å²) in [6, 6.07) is 9.21. The van der Waals surface area contributed by atoms with Crippen LogP contribution in [0.2, 0.25) is 0 Å². The van der Waals surface area contributed by atoms with Gasteiger partial charge >= 0.3 is 0 Å². The summed E-state index contributed by atoms with van der Waals surface area (Å²) < 4.78 is 24.4. The second kappa shape index (κ2) is 7.01. The minimum absolute atomic E-state index is 0.314. The van der Waals surface area contributed by atoms with Gasteiger partial charge in [0.15, 0.2) is 5.79 Å². The molecule has 0 bridgehead atoms. The number of anilines is 2. The zero-order chi connectivity index (χ0) is 18.0. The van der Waals surface area contributed by atoms with Crippen LogP contribution in [0.1, 0.15) is 23.3 Å². The highest BCUT2D eigenvalue weighted by molar-refractivity contribution is 6.02. The number of hydrogen-bond acceptors (Lipinski definition) is 5. The summed E-state index contributed by atoms with van der Waals surface area (Å²) in [6.45, 7) is 2.98. The van der Waals surface area contributed by atoms with Gasteiger partial charge in [-0.2, -0.15) is 0 Å². The van der Waals surface area contributed by atoms with Gasteiger partial charge in [0, 0.05) is 31.6 Å². The summed E-state index contributed by atoms with van der Waals surface area (Å²) >= 11 is 0. The average Bonchev–Trinajstić information content (AvgIpc) is 3.12. The first kappa shape index (κ1) is 16.9. The number of ether oxygens (including phenoxy) is 2. The Bertz CT molecular complexity index is 764. The van der Waals surface area contributed by atoms with Crippen LogP contribution in [-0.4, -0.2) is 43.0 Å². The molecule has 1 spiro atoms. The van der Waals surface area contributed by atoms with Crippen molar-refractivity contribution in [1.82, 2.24) is 4.98 Å². The quantitative estimate of drug-likeness (QED) is 0.915. The van der Waals surface area contributed by atoms with Crippen LogP contribution in [0.25, 0.3) is 0 Å². The number of piperidine rings is 1. The van der Waals surface area contributed by atoms with Crippen molar-refractivity contribution in [2.75, 3.05) is 36.5 Å². The van der Waals surface area contributed by atoms with Gasteiger partial charge < -0.3 is 19.7 Å². The largest absolute Gasteiger partial charge is 0.370 e. The molecule has 1 aromatic carbocycles. The molecule has 0 unspecified atom stereocenters. The van der Waals surface area contributed by atoms with Crippen LogP contribution in [-0.2, 0) is 9.47 Å². The zero-order valence-electron chi connectivity index (χ0n) is 14.3. The Balaban J connectivity index is 1.37. The van der Waals surface area contributed by atoms with E-state index in [4.69, 9.17) is 9.47 Å². The molecule has 0 saturated carbocycles. The smallest absolute Gasteiger partial charge is 0.274 e. The number of rotatable bonds is 3. The van der Waals surface area contributed by atoms with Crippen LogP contribution >= 0.6 is 0 Å². The topological polar surface area (TPSA) is 63.7 Å². The van der Waals surface area contributed by atoms with Gasteiger partial charge in [-0.25, -0.2) is 9.37 Å². The standard InChI is InChI=1S/C19H20FN3O3/c20-14-1-3-15(4-2-14)22-18(24)17-6-5-16(13-21-17)23-9-7-19(8-10-23)25-11-12-26-19/h1-6,13H,7-12H2,(H,22,24). The second-order valence-corrected chi connectivity index (χ2v) is 6.46. The van der Waals surface area contributed by atoms with E-state index in [1.54, 1.807) is 12.3 Å². The summed E-state index contributed by atoms with van der Waals surface area (Å²) in [4.78, 5) is 18.7. The van der Waals surface area contributed by atoms with Gasteiger partial charge in [0.05, 0.1) is 25.1 Å². The Morgan fingerprint density at radius 3 is 2.38 bits per heavy atom. The van der Waals surface area contributed by atoms with E-state index in [-0.39, 0.29) is 11.7 Å². The number of amides is 1. The summed E-state index contributed by atoms with van der Waals surface area (Å²) in [5, 5.41) is 2.70. The number of pyridine rings is 1. The molecular weight excluding hydrogens is 337 g/mol. The molecule has 2 fully saturated rings. The molecule has 0 atom stereocenters. The van der Waals surface area contributed by atoms with E-state index < -0.39 is 5.79 Å². The fraction of sp³-hybridized carbons (Fsp3) is 0.368. The molecule has 7 heteroatoms. The van der Waals surface area contributed by atoms with Crippen LogP contribution in [0, 0.1) is 5.82 Å². The second-order valence-electron chi connectivity index (χ2n) is 6.46. The minimum Gasteiger partial charge on any atom is -0.370 e. The first-order valence-corrected chi connectivity index (χ1v) is 8.69. The summed E-state index contributed by atoms with van der Waals surface area (Å²) in [5.41, 5.74) is 1.81. The molecule has 2 saturated heterocycles. The van der Waals surface area contributed by atoms with Crippen molar-refractivity contribution in [2.24, 2.45) is 0 Å². The average molecular weight is 357 g/mol. The Hall–Kier alpha value is -2.51. The maximum atomic E-state index is 12.9. The van der Waals surface area contributed by atoms with Gasteiger partial charge in [0.1, 0.15) is 11.5 Å². The van der Waals surface area contributed by atoms with Crippen LogP contribution in [0.15, 0.2) is 42.6 Å². The third kappa shape index (κ3) is 3.54.